The van der Waals surface area contributed by atoms with E-state index >= 15 is 0 Å². The van der Waals surface area contributed by atoms with Gasteiger partial charge in [-0.05, 0) is 32.1 Å². The number of rotatable bonds is 2. The second-order valence-corrected chi connectivity index (χ2v) is 6.13. The highest BCUT2D eigenvalue weighted by molar-refractivity contribution is 7.16. The molecule has 0 spiro atoms. The van der Waals surface area contributed by atoms with Crippen molar-refractivity contribution in [3.05, 3.63) is 10.8 Å². The lowest BCUT2D eigenvalue weighted by molar-refractivity contribution is 0.103. The van der Waals surface area contributed by atoms with Crippen LogP contribution >= 0.6 is 11.3 Å². The van der Waals surface area contributed by atoms with Crippen LogP contribution in [0.2, 0.25) is 0 Å². The van der Waals surface area contributed by atoms with Gasteiger partial charge in [-0.3, -0.25) is 0 Å². The van der Waals surface area contributed by atoms with Crippen molar-refractivity contribution < 1.29 is 4.74 Å². The molecule has 7 heteroatoms. The minimum atomic E-state index is -0.223. The Morgan fingerprint density at radius 1 is 1.33 bits per heavy atom. The fourth-order valence-corrected chi connectivity index (χ4v) is 3.59. The van der Waals surface area contributed by atoms with E-state index in [4.69, 9.17) is 10.5 Å². The van der Waals surface area contributed by atoms with Crippen LogP contribution in [-0.2, 0) is 10.3 Å². The quantitative estimate of drug-likeness (QED) is 0.887. The van der Waals surface area contributed by atoms with Crippen LogP contribution in [0.3, 0.4) is 0 Å². The van der Waals surface area contributed by atoms with E-state index in [0.29, 0.717) is 0 Å². The Kier molecular flexibility index (Phi) is 2.24. The second-order valence-electron chi connectivity index (χ2n) is 5.17. The Morgan fingerprint density at radius 2 is 2.22 bits per heavy atom. The van der Waals surface area contributed by atoms with Crippen LogP contribution in [0.4, 0.5) is 0 Å². The lowest BCUT2D eigenvalue weighted by Crippen LogP contribution is -2.43. The number of aromatic nitrogens is 4. The van der Waals surface area contributed by atoms with Crippen molar-refractivity contribution >= 4 is 16.3 Å². The molecule has 1 aliphatic heterocycles. The molecule has 4 rings (SSSR count). The van der Waals surface area contributed by atoms with Crippen molar-refractivity contribution in [2.75, 3.05) is 6.61 Å². The van der Waals surface area contributed by atoms with Gasteiger partial charge in [-0.1, -0.05) is 11.3 Å². The molecule has 0 radical (unpaired) electrons. The smallest absolute Gasteiger partial charge is 0.234 e. The van der Waals surface area contributed by atoms with E-state index in [9.17, 15) is 0 Å². The summed E-state index contributed by atoms with van der Waals surface area (Å²) in [5, 5.41) is 14.0. The summed E-state index contributed by atoms with van der Waals surface area (Å²) in [5.74, 6) is 0.827. The summed E-state index contributed by atoms with van der Waals surface area (Å²) in [6, 6.07) is 0. The molecule has 0 bridgehead atoms. The van der Waals surface area contributed by atoms with E-state index in [1.807, 2.05) is 4.52 Å². The monoisotopic (exact) mass is 265 g/mol. The summed E-state index contributed by atoms with van der Waals surface area (Å²) in [6.45, 7) is 0.803. The fourth-order valence-electron chi connectivity index (χ4n) is 2.59. The number of nitrogens with two attached hydrogens (primary N) is 1. The molecule has 1 unspecified atom stereocenters. The standard InChI is InChI=1S/C11H15N5OS/c12-11(4-2-5-11)9-15-16-8(7-3-1-6-17-7)13-14-10(16)18-9/h7H,1-6,12H2. The first kappa shape index (κ1) is 10.8. The van der Waals surface area contributed by atoms with Gasteiger partial charge in [0.1, 0.15) is 11.1 Å². The van der Waals surface area contributed by atoms with Gasteiger partial charge in [-0.15, -0.1) is 10.2 Å². The fraction of sp³-hybridized carbons (Fsp3) is 0.727. The van der Waals surface area contributed by atoms with Gasteiger partial charge in [0.25, 0.3) is 0 Å². The number of ether oxygens (including phenoxy) is 1. The molecule has 2 N–H and O–H groups in total. The van der Waals surface area contributed by atoms with Gasteiger partial charge in [0, 0.05) is 6.61 Å². The summed E-state index contributed by atoms with van der Waals surface area (Å²) in [5.41, 5.74) is 6.08. The minimum Gasteiger partial charge on any atom is -0.370 e. The largest absolute Gasteiger partial charge is 0.370 e. The molecule has 3 heterocycles. The molecule has 1 aliphatic carbocycles. The minimum absolute atomic E-state index is 0.0464. The predicted octanol–water partition coefficient (Wildman–Crippen LogP) is 1.38. The number of hydrogen-bond donors (Lipinski definition) is 1. The van der Waals surface area contributed by atoms with Crippen molar-refractivity contribution in [1.29, 1.82) is 0 Å². The summed E-state index contributed by atoms with van der Waals surface area (Å²) >= 11 is 1.56. The van der Waals surface area contributed by atoms with E-state index in [2.05, 4.69) is 15.3 Å². The highest BCUT2D eigenvalue weighted by Gasteiger charge is 2.38. The SMILES string of the molecule is NC1(c2nn3c(C4CCCO4)nnc3s2)CCC1. The van der Waals surface area contributed by atoms with Gasteiger partial charge in [-0.2, -0.15) is 9.61 Å². The molecule has 6 nitrogen and oxygen atoms in total. The van der Waals surface area contributed by atoms with Crippen LogP contribution in [0.1, 0.15) is 49.0 Å². The Labute approximate surface area is 108 Å². The average Bonchev–Trinajstić information content (AvgIpc) is 3.00. The van der Waals surface area contributed by atoms with Gasteiger partial charge in [-0.25, -0.2) is 0 Å². The number of fused-ring (bicyclic) bond motifs is 1. The van der Waals surface area contributed by atoms with Crippen molar-refractivity contribution in [2.45, 2.75) is 43.7 Å². The van der Waals surface area contributed by atoms with Gasteiger partial charge >= 0.3 is 0 Å². The van der Waals surface area contributed by atoms with E-state index < -0.39 is 0 Å². The van der Waals surface area contributed by atoms with Crippen molar-refractivity contribution in [2.24, 2.45) is 5.73 Å². The zero-order chi connectivity index (χ0) is 12.2. The van der Waals surface area contributed by atoms with E-state index in [0.717, 1.165) is 48.1 Å². The Bertz CT molecular complexity index is 581. The van der Waals surface area contributed by atoms with E-state index in [1.165, 1.54) is 6.42 Å². The topological polar surface area (TPSA) is 78.3 Å². The predicted molar refractivity (Wildman–Crippen MR) is 66.3 cm³/mol. The normalized spacial score (nSPS) is 26.6. The molecule has 1 atom stereocenters. The summed E-state index contributed by atoms with van der Waals surface area (Å²) in [7, 11) is 0. The summed E-state index contributed by atoms with van der Waals surface area (Å²) < 4.78 is 7.47. The zero-order valence-corrected chi connectivity index (χ0v) is 10.8. The number of hydrogen-bond acceptors (Lipinski definition) is 6. The van der Waals surface area contributed by atoms with Crippen molar-refractivity contribution in [3.8, 4) is 0 Å². The van der Waals surface area contributed by atoms with E-state index in [1.54, 1.807) is 11.3 Å². The maximum Gasteiger partial charge on any atom is 0.234 e. The first-order valence-electron chi connectivity index (χ1n) is 6.39. The van der Waals surface area contributed by atoms with Crippen LogP contribution < -0.4 is 5.73 Å². The molecule has 2 aromatic heterocycles. The maximum absolute atomic E-state index is 6.31. The van der Waals surface area contributed by atoms with Gasteiger partial charge in [0.05, 0.1) is 5.54 Å². The highest BCUT2D eigenvalue weighted by atomic mass is 32.1. The molecular formula is C11H15N5OS. The average molecular weight is 265 g/mol. The zero-order valence-electron chi connectivity index (χ0n) is 10.0. The Balaban J connectivity index is 1.76. The summed E-state index contributed by atoms with van der Waals surface area (Å²) in [4.78, 5) is 0.826. The second kappa shape index (κ2) is 3.72. The molecule has 1 saturated carbocycles. The van der Waals surface area contributed by atoms with Crippen molar-refractivity contribution in [3.63, 3.8) is 0 Å². The molecule has 0 amide bonds. The lowest BCUT2D eigenvalue weighted by Gasteiger charge is -2.35. The third-order valence-electron chi connectivity index (χ3n) is 3.90. The summed E-state index contributed by atoms with van der Waals surface area (Å²) in [6.07, 6.45) is 5.36. The highest BCUT2D eigenvalue weighted by Crippen LogP contribution is 2.40. The molecule has 96 valence electrons. The Hall–Kier alpha value is -1.05. The van der Waals surface area contributed by atoms with Gasteiger partial charge < -0.3 is 10.5 Å². The molecule has 0 aromatic carbocycles. The Morgan fingerprint density at radius 3 is 2.89 bits per heavy atom. The lowest BCUT2D eigenvalue weighted by atomic mass is 9.78. The molecule has 2 aliphatic rings. The molecule has 2 aromatic rings. The molecule has 2 fully saturated rings. The number of nitrogens with zero attached hydrogens (tertiary/aromatic N) is 4. The van der Waals surface area contributed by atoms with Crippen LogP contribution in [0.15, 0.2) is 0 Å². The van der Waals surface area contributed by atoms with E-state index in [-0.39, 0.29) is 11.6 Å². The molecule has 18 heavy (non-hydrogen) atoms. The van der Waals surface area contributed by atoms with Gasteiger partial charge in [0.15, 0.2) is 5.82 Å². The van der Waals surface area contributed by atoms with Crippen LogP contribution in [0, 0.1) is 0 Å². The first-order chi connectivity index (χ1) is 8.76. The first-order valence-corrected chi connectivity index (χ1v) is 7.21. The molecule has 1 saturated heterocycles. The van der Waals surface area contributed by atoms with Gasteiger partial charge in [0.2, 0.25) is 4.96 Å². The molecular weight excluding hydrogens is 250 g/mol. The van der Waals surface area contributed by atoms with Crippen LogP contribution in [0.25, 0.3) is 4.96 Å². The van der Waals surface area contributed by atoms with Crippen LogP contribution in [0.5, 0.6) is 0 Å². The van der Waals surface area contributed by atoms with Crippen LogP contribution in [-0.4, -0.2) is 26.4 Å². The third-order valence-corrected chi connectivity index (χ3v) is 5.02. The van der Waals surface area contributed by atoms with Crippen molar-refractivity contribution in [1.82, 2.24) is 19.8 Å². The maximum atomic E-state index is 6.31. The third kappa shape index (κ3) is 1.44.